The van der Waals surface area contributed by atoms with Gasteiger partial charge in [-0.15, -0.1) is 0 Å². The smallest absolute Gasteiger partial charge is 0.332 e. The quantitative estimate of drug-likeness (QED) is 0.794. The van der Waals surface area contributed by atoms with Crippen molar-refractivity contribution in [1.82, 2.24) is 4.90 Å². The molecular formula is C13H19NO4. The number of carboxylic acid groups (broad SMARTS) is 1. The molecule has 1 heterocycles. The number of amides is 1. The number of aliphatic carboxylic acids is 1. The lowest BCUT2D eigenvalue weighted by Crippen LogP contribution is -2.42. The van der Waals surface area contributed by atoms with Crippen molar-refractivity contribution in [2.75, 3.05) is 6.54 Å². The molecule has 2 aliphatic carbocycles. The molecule has 2 atom stereocenters. The molecule has 0 unspecified atom stereocenters. The molecular weight excluding hydrogens is 234 g/mol. The highest BCUT2D eigenvalue weighted by atomic mass is 16.5. The lowest BCUT2D eigenvalue weighted by Gasteiger charge is -2.25. The summed E-state index contributed by atoms with van der Waals surface area (Å²) in [6.07, 6.45) is 4.31. The molecule has 5 nitrogen and oxygen atoms in total. The van der Waals surface area contributed by atoms with E-state index in [9.17, 15) is 9.59 Å². The molecule has 18 heavy (non-hydrogen) atoms. The number of carbonyl (C=O) groups excluding carboxylic acids is 1. The topological polar surface area (TPSA) is 66.8 Å². The first-order valence-electron chi connectivity index (χ1n) is 6.84. The van der Waals surface area contributed by atoms with Crippen molar-refractivity contribution in [3.8, 4) is 0 Å². The van der Waals surface area contributed by atoms with E-state index in [4.69, 9.17) is 9.84 Å². The van der Waals surface area contributed by atoms with E-state index >= 15 is 0 Å². The zero-order chi connectivity index (χ0) is 12.7. The molecule has 5 heteroatoms. The maximum atomic E-state index is 12.4. The van der Waals surface area contributed by atoms with Crippen molar-refractivity contribution in [3.05, 3.63) is 0 Å². The summed E-state index contributed by atoms with van der Waals surface area (Å²) in [6, 6.07) is 0.394. The van der Waals surface area contributed by atoms with Crippen LogP contribution < -0.4 is 0 Å². The fraction of sp³-hybridized carbons (Fsp3) is 0.846. The average molecular weight is 253 g/mol. The van der Waals surface area contributed by atoms with Gasteiger partial charge in [0.25, 0.3) is 5.91 Å². The Morgan fingerprint density at radius 2 is 1.72 bits per heavy atom. The van der Waals surface area contributed by atoms with Crippen LogP contribution in [0.25, 0.3) is 0 Å². The van der Waals surface area contributed by atoms with Gasteiger partial charge in [0.1, 0.15) is 6.10 Å². The van der Waals surface area contributed by atoms with Gasteiger partial charge in [-0.1, -0.05) is 0 Å². The van der Waals surface area contributed by atoms with Crippen LogP contribution in [-0.2, 0) is 14.3 Å². The second-order valence-corrected chi connectivity index (χ2v) is 5.69. The van der Waals surface area contributed by atoms with Crippen LogP contribution in [-0.4, -0.2) is 46.7 Å². The molecule has 2 saturated carbocycles. The number of ether oxygens (including phenoxy) is 1. The van der Waals surface area contributed by atoms with Crippen LogP contribution in [0.1, 0.15) is 38.5 Å². The molecule has 0 radical (unpaired) electrons. The van der Waals surface area contributed by atoms with Crippen molar-refractivity contribution in [3.63, 3.8) is 0 Å². The van der Waals surface area contributed by atoms with E-state index in [1.165, 1.54) is 12.8 Å². The summed E-state index contributed by atoms with van der Waals surface area (Å²) in [5.41, 5.74) is 0. The maximum Gasteiger partial charge on any atom is 0.332 e. The minimum absolute atomic E-state index is 0.0214. The van der Waals surface area contributed by atoms with Crippen LogP contribution in [0.5, 0.6) is 0 Å². The molecule has 0 aromatic heterocycles. The number of nitrogens with zero attached hydrogens (tertiary/aromatic N) is 1. The Kier molecular flexibility index (Phi) is 3.01. The first-order chi connectivity index (χ1) is 8.65. The third-order valence-electron chi connectivity index (χ3n) is 3.99. The highest BCUT2D eigenvalue weighted by molar-refractivity contribution is 5.83. The fourth-order valence-electron chi connectivity index (χ4n) is 2.57. The summed E-state index contributed by atoms with van der Waals surface area (Å²) < 4.78 is 5.35. The molecule has 3 aliphatic rings. The molecule has 0 spiro atoms. The highest BCUT2D eigenvalue weighted by Gasteiger charge is 2.42. The van der Waals surface area contributed by atoms with E-state index in [1.807, 2.05) is 4.90 Å². The number of hydrogen-bond acceptors (Lipinski definition) is 3. The summed E-state index contributed by atoms with van der Waals surface area (Å²) in [7, 11) is 0. The number of carboxylic acids is 1. The van der Waals surface area contributed by atoms with E-state index < -0.39 is 18.2 Å². The minimum Gasteiger partial charge on any atom is -0.479 e. The van der Waals surface area contributed by atoms with E-state index in [0.717, 1.165) is 19.4 Å². The zero-order valence-electron chi connectivity index (χ0n) is 10.4. The molecule has 0 aromatic carbocycles. The van der Waals surface area contributed by atoms with Crippen LogP contribution >= 0.6 is 0 Å². The van der Waals surface area contributed by atoms with E-state index in [-0.39, 0.29) is 5.91 Å². The number of hydrogen-bond donors (Lipinski definition) is 1. The van der Waals surface area contributed by atoms with E-state index in [1.54, 1.807) is 0 Å². The van der Waals surface area contributed by atoms with Crippen LogP contribution in [0.3, 0.4) is 0 Å². The third kappa shape index (κ3) is 2.51. The van der Waals surface area contributed by atoms with E-state index in [2.05, 4.69) is 0 Å². The largest absolute Gasteiger partial charge is 0.479 e. The summed E-state index contributed by atoms with van der Waals surface area (Å²) in [6.45, 7) is 0.848. The van der Waals surface area contributed by atoms with Gasteiger partial charge in [-0.25, -0.2) is 4.79 Å². The van der Waals surface area contributed by atoms with Crippen molar-refractivity contribution >= 4 is 11.9 Å². The second-order valence-electron chi connectivity index (χ2n) is 5.69. The standard InChI is InChI=1S/C13H19NO4/c15-12(10-5-6-11(18-10)13(16)17)14(9-3-4-9)7-8-1-2-8/h8-11H,1-7H2,(H,16,17)/t10-,11+/m0/s1. The summed E-state index contributed by atoms with van der Waals surface area (Å²) in [5, 5.41) is 8.88. The Morgan fingerprint density at radius 1 is 1.06 bits per heavy atom. The molecule has 100 valence electrons. The van der Waals surface area contributed by atoms with Gasteiger partial charge >= 0.3 is 5.97 Å². The minimum atomic E-state index is -0.953. The average Bonchev–Trinajstić information content (AvgIpc) is 3.24. The highest BCUT2D eigenvalue weighted by Crippen LogP contribution is 2.36. The van der Waals surface area contributed by atoms with Crippen LogP contribution in [0.15, 0.2) is 0 Å². The van der Waals surface area contributed by atoms with Crippen LogP contribution in [0.4, 0.5) is 0 Å². The zero-order valence-corrected chi connectivity index (χ0v) is 10.4. The van der Waals surface area contributed by atoms with Gasteiger partial charge in [-0.2, -0.15) is 0 Å². The SMILES string of the molecule is O=C(O)[C@H]1CC[C@@H](C(=O)N(CC2CC2)C2CC2)O1. The lowest BCUT2D eigenvalue weighted by atomic mass is 10.1. The summed E-state index contributed by atoms with van der Waals surface area (Å²) in [5.74, 6) is -0.259. The Bertz CT molecular complexity index is 362. The molecule has 3 fully saturated rings. The Hall–Kier alpha value is -1.10. The van der Waals surface area contributed by atoms with Gasteiger partial charge in [0, 0.05) is 12.6 Å². The predicted octanol–water partition coefficient (Wildman–Crippen LogP) is 1.02. The van der Waals surface area contributed by atoms with Crippen molar-refractivity contribution < 1.29 is 19.4 Å². The molecule has 1 saturated heterocycles. The number of rotatable bonds is 5. The Balaban J connectivity index is 1.59. The first-order valence-corrected chi connectivity index (χ1v) is 6.84. The van der Waals surface area contributed by atoms with Crippen LogP contribution in [0.2, 0.25) is 0 Å². The first kappa shape index (κ1) is 12.0. The van der Waals surface area contributed by atoms with Gasteiger partial charge in [0.2, 0.25) is 0 Å². The predicted molar refractivity (Wildman–Crippen MR) is 63.0 cm³/mol. The lowest BCUT2D eigenvalue weighted by molar-refractivity contribution is -0.155. The monoisotopic (exact) mass is 253 g/mol. The van der Waals surface area contributed by atoms with Gasteiger partial charge in [-0.05, 0) is 44.4 Å². The van der Waals surface area contributed by atoms with Crippen molar-refractivity contribution in [2.45, 2.75) is 56.8 Å². The van der Waals surface area contributed by atoms with Crippen LogP contribution in [0, 0.1) is 5.92 Å². The molecule has 0 aromatic rings. The normalized spacial score (nSPS) is 31.3. The van der Waals surface area contributed by atoms with Gasteiger partial charge in [0.15, 0.2) is 6.10 Å². The fourth-order valence-corrected chi connectivity index (χ4v) is 2.57. The Morgan fingerprint density at radius 3 is 2.22 bits per heavy atom. The van der Waals surface area contributed by atoms with Crippen molar-refractivity contribution in [2.24, 2.45) is 5.92 Å². The molecule has 1 amide bonds. The molecule has 0 bridgehead atoms. The summed E-state index contributed by atoms with van der Waals surface area (Å²) >= 11 is 0. The molecule has 1 N–H and O–H groups in total. The van der Waals surface area contributed by atoms with Gasteiger partial charge in [-0.3, -0.25) is 4.79 Å². The molecule has 1 aliphatic heterocycles. The van der Waals surface area contributed by atoms with Crippen molar-refractivity contribution in [1.29, 1.82) is 0 Å². The van der Waals surface area contributed by atoms with Gasteiger partial charge in [0.05, 0.1) is 0 Å². The van der Waals surface area contributed by atoms with E-state index in [0.29, 0.717) is 24.8 Å². The second kappa shape index (κ2) is 4.53. The molecule has 3 rings (SSSR count). The maximum absolute atomic E-state index is 12.4. The summed E-state index contributed by atoms with van der Waals surface area (Å²) in [4.78, 5) is 25.1. The Labute approximate surface area is 106 Å². The number of carbonyl (C=O) groups is 2. The third-order valence-corrected chi connectivity index (χ3v) is 3.99. The van der Waals surface area contributed by atoms with Gasteiger partial charge < -0.3 is 14.7 Å².